The Morgan fingerprint density at radius 3 is 2.23 bits per heavy atom. The van der Waals surface area contributed by atoms with Crippen molar-refractivity contribution in [3.8, 4) is 0 Å². The molecule has 0 heterocycles. The molecular weight excluding hydrogens is 166 g/mol. The topological polar surface area (TPSA) is 40.1 Å². The summed E-state index contributed by atoms with van der Waals surface area (Å²) in [4.78, 5) is 10.2. The minimum atomic E-state index is -0.935. The third-order valence-corrected chi connectivity index (χ3v) is 2.26. The van der Waals surface area contributed by atoms with Crippen molar-refractivity contribution in [2.75, 3.05) is 27.2 Å². The van der Waals surface area contributed by atoms with Crippen LogP contribution in [-0.4, -0.2) is 37.6 Å². The van der Waals surface area contributed by atoms with Gasteiger partial charge >= 0.3 is 0 Å². The molecule has 0 N–H and O–H groups in total. The predicted octanol–water partition coefficient (Wildman–Crippen LogP) is 0.393. The molecule has 0 atom stereocenters. The SMILES string of the molecule is CCCC[N+](C)(C)CCCC(=O)[O-]. The van der Waals surface area contributed by atoms with E-state index < -0.39 is 5.97 Å². The molecule has 78 valence electrons. The van der Waals surface area contributed by atoms with Gasteiger partial charge in [-0.05, 0) is 12.8 Å². The summed E-state index contributed by atoms with van der Waals surface area (Å²) in [6.45, 7) is 4.22. The zero-order valence-electron chi connectivity index (χ0n) is 9.01. The van der Waals surface area contributed by atoms with Gasteiger partial charge in [-0.15, -0.1) is 0 Å². The summed E-state index contributed by atoms with van der Waals surface area (Å²) in [6, 6.07) is 0. The van der Waals surface area contributed by atoms with E-state index in [1.807, 2.05) is 0 Å². The lowest BCUT2D eigenvalue weighted by molar-refractivity contribution is -0.890. The molecule has 0 aromatic rings. The van der Waals surface area contributed by atoms with Crippen molar-refractivity contribution in [2.45, 2.75) is 32.6 Å². The highest BCUT2D eigenvalue weighted by Crippen LogP contribution is 2.04. The number of rotatable bonds is 7. The van der Waals surface area contributed by atoms with Crippen LogP contribution in [0.15, 0.2) is 0 Å². The molecule has 0 aromatic heterocycles. The van der Waals surface area contributed by atoms with Gasteiger partial charge < -0.3 is 14.4 Å². The van der Waals surface area contributed by atoms with E-state index in [2.05, 4.69) is 21.0 Å². The van der Waals surface area contributed by atoms with Crippen LogP contribution < -0.4 is 5.11 Å². The Balaban J connectivity index is 3.56. The summed E-state index contributed by atoms with van der Waals surface area (Å²) >= 11 is 0. The van der Waals surface area contributed by atoms with E-state index in [1.165, 1.54) is 12.8 Å². The largest absolute Gasteiger partial charge is 0.550 e. The number of carboxylic acid groups (broad SMARTS) is 1. The molecule has 0 amide bonds. The fourth-order valence-electron chi connectivity index (χ4n) is 1.35. The first-order valence-corrected chi connectivity index (χ1v) is 5.00. The Kier molecular flexibility index (Phi) is 5.71. The first kappa shape index (κ1) is 12.4. The maximum atomic E-state index is 10.2. The van der Waals surface area contributed by atoms with E-state index in [-0.39, 0.29) is 6.42 Å². The van der Waals surface area contributed by atoms with Crippen molar-refractivity contribution in [1.29, 1.82) is 0 Å². The highest BCUT2D eigenvalue weighted by molar-refractivity contribution is 5.64. The van der Waals surface area contributed by atoms with E-state index >= 15 is 0 Å². The highest BCUT2D eigenvalue weighted by atomic mass is 16.4. The molecule has 0 rings (SSSR count). The van der Waals surface area contributed by atoms with Crippen LogP contribution in [0.1, 0.15) is 32.6 Å². The maximum Gasteiger partial charge on any atom is 0.0786 e. The van der Waals surface area contributed by atoms with E-state index in [0.29, 0.717) is 0 Å². The van der Waals surface area contributed by atoms with Crippen LogP contribution in [0.5, 0.6) is 0 Å². The second-order valence-corrected chi connectivity index (χ2v) is 4.21. The molecule has 3 nitrogen and oxygen atoms in total. The third-order valence-electron chi connectivity index (χ3n) is 2.26. The van der Waals surface area contributed by atoms with Crippen LogP contribution >= 0.6 is 0 Å². The van der Waals surface area contributed by atoms with Crippen LogP contribution in [0.4, 0.5) is 0 Å². The zero-order valence-corrected chi connectivity index (χ0v) is 9.01. The van der Waals surface area contributed by atoms with Crippen molar-refractivity contribution >= 4 is 5.97 Å². The second kappa shape index (κ2) is 5.97. The van der Waals surface area contributed by atoms with Crippen LogP contribution in [0.3, 0.4) is 0 Å². The van der Waals surface area contributed by atoms with Gasteiger partial charge in [-0.2, -0.15) is 0 Å². The van der Waals surface area contributed by atoms with Crippen LogP contribution in [-0.2, 0) is 4.79 Å². The Morgan fingerprint density at radius 1 is 1.23 bits per heavy atom. The molecule has 0 aliphatic carbocycles. The molecule has 0 spiro atoms. The summed E-state index contributed by atoms with van der Waals surface area (Å²) in [5.74, 6) is -0.935. The van der Waals surface area contributed by atoms with Crippen molar-refractivity contribution in [3.05, 3.63) is 0 Å². The number of aliphatic carboxylic acids is 1. The quantitative estimate of drug-likeness (QED) is 0.541. The Morgan fingerprint density at radius 2 is 1.77 bits per heavy atom. The summed E-state index contributed by atoms with van der Waals surface area (Å²) in [7, 11) is 4.29. The fourth-order valence-corrected chi connectivity index (χ4v) is 1.35. The molecule has 0 radical (unpaired) electrons. The normalized spacial score (nSPS) is 11.6. The van der Waals surface area contributed by atoms with Gasteiger partial charge in [0.05, 0.1) is 27.2 Å². The van der Waals surface area contributed by atoms with E-state index in [0.717, 1.165) is 24.0 Å². The predicted molar refractivity (Wildman–Crippen MR) is 51.0 cm³/mol. The molecule has 0 aliphatic rings. The van der Waals surface area contributed by atoms with Crippen molar-refractivity contribution < 1.29 is 14.4 Å². The van der Waals surface area contributed by atoms with Crippen molar-refractivity contribution in [1.82, 2.24) is 0 Å². The average Bonchev–Trinajstić information content (AvgIpc) is 2.00. The summed E-state index contributed by atoms with van der Waals surface area (Å²) in [5.41, 5.74) is 0. The lowest BCUT2D eigenvalue weighted by Gasteiger charge is -2.29. The highest BCUT2D eigenvalue weighted by Gasteiger charge is 2.12. The lowest BCUT2D eigenvalue weighted by atomic mass is 10.2. The minimum Gasteiger partial charge on any atom is -0.550 e. The van der Waals surface area contributed by atoms with Gasteiger partial charge in [0.2, 0.25) is 0 Å². The number of quaternary nitrogens is 1. The Hall–Kier alpha value is -0.570. The molecule has 0 aromatic carbocycles. The molecule has 0 saturated carbocycles. The Labute approximate surface area is 80.9 Å². The monoisotopic (exact) mass is 187 g/mol. The number of carboxylic acids is 1. The summed E-state index contributed by atoms with van der Waals surface area (Å²) in [6.07, 6.45) is 3.31. The molecule has 0 aliphatic heterocycles. The fraction of sp³-hybridized carbons (Fsp3) is 0.900. The van der Waals surface area contributed by atoms with Gasteiger partial charge in [-0.25, -0.2) is 0 Å². The molecular formula is C10H21NO2. The molecule has 0 bridgehead atoms. The van der Waals surface area contributed by atoms with E-state index in [1.54, 1.807) is 0 Å². The number of carbonyl (C=O) groups is 1. The number of carbonyl (C=O) groups excluding carboxylic acids is 1. The molecule has 0 saturated heterocycles. The van der Waals surface area contributed by atoms with Gasteiger partial charge in [-0.1, -0.05) is 13.3 Å². The van der Waals surface area contributed by atoms with Gasteiger partial charge in [0.25, 0.3) is 0 Å². The average molecular weight is 187 g/mol. The zero-order chi connectivity index (χ0) is 10.3. The molecule has 0 fully saturated rings. The summed E-state index contributed by atoms with van der Waals surface area (Å²) in [5, 5.41) is 10.2. The third kappa shape index (κ3) is 7.78. The Bertz CT molecular complexity index is 155. The van der Waals surface area contributed by atoms with E-state index in [4.69, 9.17) is 0 Å². The number of unbranched alkanes of at least 4 members (excludes halogenated alkanes) is 1. The number of hydrogen-bond acceptors (Lipinski definition) is 2. The number of hydrogen-bond donors (Lipinski definition) is 0. The van der Waals surface area contributed by atoms with E-state index in [9.17, 15) is 9.90 Å². The van der Waals surface area contributed by atoms with Crippen molar-refractivity contribution in [3.63, 3.8) is 0 Å². The number of nitrogens with zero attached hydrogens (tertiary/aromatic N) is 1. The first-order valence-electron chi connectivity index (χ1n) is 5.00. The minimum absolute atomic E-state index is 0.188. The second-order valence-electron chi connectivity index (χ2n) is 4.21. The maximum absolute atomic E-state index is 10.2. The summed E-state index contributed by atoms with van der Waals surface area (Å²) < 4.78 is 0.918. The van der Waals surface area contributed by atoms with Gasteiger partial charge in [0.1, 0.15) is 0 Å². The van der Waals surface area contributed by atoms with Crippen LogP contribution in [0.2, 0.25) is 0 Å². The van der Waals surface area contributed by atoms with Gasteiger partial charge in [0, 0.05) is 12.4 Å². The first-order chi connectivity index (χ1) is 5.98. The smallest absolute Gasteiger partial charge is 0.0786 e. The standard InChI is InChI=1S/C10H21NO2/c1-4-5-8-11(2,3)9-6-7-10(12)13/h4-9H2,1-3H3. The molecule has 3 heteroatoms. The van der Waals surface area contributed by atoms with Crippen molar-refractivity contribution in [2.24, 2.45) is 0 Å². The van der Waals surface area contributed by atoms with Gasteiger partial charge in [0.15, 0.2) is 0 Å². The molecule has 0 unspecified atom stereocenters. The van der Waals surface area contributed by atoms with Crippen LogP contribution in [0, 0.1) is 0 Å². The lowest BCUT2D eigenvalue weighted by Crippen LogP contribution is -2.41. The van der Waals surface area contributed by atoms with Gasteiger partial charge in [-0.3, -0.25) is 0 Å². The van der Waals surface area contributed by atoms with Crippen LogP contribution in [0.25, 0.3) is 0 Å². The molecule has 13 heavy (non-hydrogen) atoms.